The third-order valence-corrected chi connectivity index (χ3v) is 3.48. The fourth-order valence-electron chi connectivity index (χ4n) is 2.77. The number of benzene rings is 2. The van der Waals surface area contributed by atoms with Crippen molar-refractivity contribution in [1.29, 1.82) is 0 Å². The van der Waals surface area contributed by atoms with Crippen LogP contribution in [0.1, 0.15) is 17.2 Å². The molecule has 1 fully saturated rings. The molecule has 0 aromatic heterocycles. The van der Waals surface area contributed by atoms with Crippen molar-refractivity contribution in [2.24, 2.45) is 0 Å². The van der Waals surface area contributed by atoms with E-state index in [0.717, 1.165) is 6.04 Å². The lowest BCUT2D eigenvalue weighted by Gasteiger charge is -2.14. The maximum atomic E-state index is 3.54. The van der Waals surface area contributed by atoms with Crippen LogP contribution < -0.4 is 5.32 Å². The summed E-state index contributed by atoms with van der Waals surface area (Å²) in [7, 11) is 0. The molecule has 14 heavy (non-hydrogen) atoms. The highest BCUT2D eigenvalue weighted by Gasteiger charge is 2.41. The van der Waals surface area contributed by atoms with Crippen LogP contribution >= 0.6 is 0 Å². The monoisotopic (exact) mass is 181 g/mol. The first-order valence-corrected chi connectivity index (χ1v) is 5.20. The summed E-state index contributed by atoms with van der Waals surface area (Å²) in [5.41, 5.74) is 3.03. The maximum Gasteiger partial charge on any atom is 0.0488 e. The fraction of sp³-hybridized carbons (Fsp3) is 0.231. The lowest BCUT2D eigenvalue weighted by molar-refractivity contribution is 0.892. The summed E-state index contributed by atoms with van der Waals surface area (Å²) in [5.74, 6) is 0. The van der Waals surface area contributed by atoms with Crippen LogP contribution in [0.2, 0.25) is 0 Å². The lowest BCUT2D eigenvalue weighted by atomic mass is 9.89. The smallest absolute Gasteiger partial charge is 0.0488 e. The second-order valence-corrected chi connectivity index (χ2v) is 4.32. The molecular formula is C13H11N. The Morgan fingerprint density at radius 2 is 1.93 bits per heavy atom. The van der Waals surface area contributed by atoms with Crippen LogP contribution in [-0.2, 0) is 6.42 Å². The van der Waals surface area contributed by atoms with Crippen LogP contribution in [0.3, 0.4) is 0 Å². The summed E-state index contributed by atoms with van der Waals surface area (Å²) in [6.07, 6.45) is 1.21. The number of hydrogen-bond donors (Lipinski definition) is 1. The van der Waals surface area contributed by atoms with Crippen molar-refractivity contribution < 1.29 is 0 Å². The predicted molar refractivity (Wildman–Crippen MR) is 57.3 cm³/mol. The van der Waals surface area contributed by atoms with Gasteiger partial charge in [-0.1, -0.05) is 36.4 Å². The van der Waals surface area contributed by atoms with Gasteiger partial charge in [-0.25, -0.2) is 0 Å². The van der Waals surface area contributed by atoms with Gasteiger partial charge in [-0.15, -0.1) is 0 Å². The maximum absolute atomic E-state index is 3.54. The van der Waals surface area contributed by atoms with Crippen LogP contribution in [0.5, 0.6) is 0 Å². The van der Waals surface area contributed by atoms with Crippen molar-refractivity contribution >= 4 is 10.8 Å². The Morgan fingerprint density at radius 3 is 2.86 bits per heavy atom. The molecule has 0 radical (unpaired) electrons. The number of nitrogens with one attached hydrogen (secondary N) is 1. The minimum atomic E-state index is 0.647. The Labute approximate surface area is 82.7 Å². The third-order valence-electron chi connectivity index (χ3n) is 3.48. The number of fused-ring (bicyclic) bond motifs is 2. The molecule has 1 nitrogen and oxygen atoms in total. The van der Waals surface area contributed by atoms with E-state index in [1.807, 2.05) is 0 Å². The Kier molecular flexibility index (Phi) is 1.09. The number of rotatable bonds is 0. The van der Waals surface area contributed by atoms with Crippen LogP contribution in [0.25, 0.3) is 10.8 Å². The SMILES string of the molecule is c1cc2c3c(cccc3c1)C1NC1C2. The first kappa shape index (κ1) is 7.02. The Balaban J connectivity index is 2.21. The Morgan fingerprint density at radius 1 is 1.07 bits per heavy atom. The van der Waals surface area contributed by atoms with Crippen LogP contribution in [0.15, 0.2) is 36.4 Å². The van der Waals surface area contributed by atoms with Gasteiger partial charge in [0.15, 0.2) is 0 Å². The highest BCUT2D eigenvalue weighted by Crippen LogP contribution is 2.42. The zero-order valence-electron chi connectivity index (χ0n) is 7.83. The van der Waals surface area contributed by atoms with Gasteiger partial charge >= 0.3 is 0 Å². The first-order valence-electron chi connectivity index (χ1n) is 5.20. The van der Waals surface area contributed by atoms with E-state index in [2.05, 4.69) is 41.7 Å². The van der Waals surface area contributed by atoms with Gasteiger partial charge in [0, 0.05) is 12.1 Å². The molecule has 2 aliphatic rings. The fourth-order valence-corrected chi connectivity index (χ4v) is 2.77. The average Bonchev–Trinajstić information content (AvgIpc) is 2.98. The third kappa shape index (κ3) is 0.740. The molecule has 2 unspecified atom stereocenters. The zero-order valence-corrected chi connectivity index (χ0v) is 7.83. The van der Waals surface area contributed by atoms with Crippen molar-refractivity contribution in [2.75, 3.05) is 0 Å². The normalized spacial score (nSPS) is 27.4. The van der Waals surface area contributed by atoms with Gasteiger partial charge in [0.1, 0.15) is 0 Å². The minimum Gasteiger partial charge on any atom is -0.304 e. The molecule has 1 aliphatic heterocycles. The van der Waals surface area contributed by atoms with E-state index >= 15 is 0 Å². The quantitative estimate of drug-likeness (QED) is 0.619. The molecule has 4 rings (SSSR count). The first-order chi connectivity index (χ1) is 6.93. The molecule has 1 heteroatoms. The van der Waals surface area contributed by atoms with E-state index in [9.17, 15) is 0 Å². The van der Waals surface area contributed by atoms with Crippen molar-refractivity contribution in [2.45, 2.75) is 18.5 Å². The molecule has 2 aromatic carbocycles. The zero-order chi connectivity index (χ0) is 9.12. The Bertz CT molecular complexity index is 524. The van der Waals surface area contributed by atoms with Gasteiger partial charge in [0.2, 0.25) is 0 Å². The van der Waals surface area contributed by atoms with E-state index in [1.54, 1.807) is 0 Å². The second kappa shape index (κ2) is 2.18. The van der Waals surface area contributed by atoms with E-state index in [0.29, 0.717) is 6.04 Å². The molecule has 0 amide bonds. The molecule has 2 aromatic rings. The molecule has 2 atom stereocenters. The molecule has 0 bridgehead atoms. The summed E-state index contributed by atoms with van der Waals surface area (Å²) in [4.78, 5) is 0. The topological polar surface area (TPSA) is 21.9 Å². The molecule has 68 valence electrons. The molecule has 1 aliphatic carbocycles. The number of hydrogen-bond acceptors (Lipinski definition) is 1. The van der Waals surface area contributed by atoms with E-state index in [1.165, 1.54) is 28.3 Å². The van der Waals surface area contributed by atoms with Crippen molar-refractivity contribution in [1.82, 2.24) is 5.32 Å². The van der Waals surface area contributed by atoms with Crippen molar-refractivity contribution in [3.63, 3.8) is 0 Å². The average molecular weight is 181 g/mol. The van der Waals surface area contributed by atoms with Crippen LogP contribution in [-0.4, -0.2) is 6.04 Å². The molecule has 1 heterocycles. The second-order valence-electron chi connectivity index (χ2n) is 4.32. The van der Waals surface area contributed by atoms with Crippen LogP contribution in [0.4, 0.5) is 0 Å². The largest absolute Gasteiger partial charge is 0.304 e. The minimum absolute atomic E-state index is 0.647. The standard InChI is InChI=1S/C13H11N/c1-3-8-4-2-6-10-12(8)9(5-1)7-11-13(10)14-11/h1-6,11,13-14H,7H2. The lowest BCUT2D eigenvalue weighted by Crippen LogP contribution is -2.03. The van der Waals surface area contributed by atoms with Gasteiger partial charge < -0.3 is 5.32 Å². The van der Waals surface area contributed by atoms with E-state index < -0.39 is 0 Å². The molecule has 0 saturated carbocycles. The molecule has 1 saturated heterocycles. The van der Waals surface area contributed by atoms with Crippen molar-refractivity contribution in [3.05, 3.63) is 47.5 Å². The Hall–Kier alpha value is -1.34. The van der Waals surface area contributed by atoms with Gasteiger partial charge in [0.05, 0.1) is 0 Å². The summed E-state index contributed by atoms with van der Waals surface area (Å²) in [6.45, 7) is 0. The highest BCUT2D eigenvalue weighted by molar-refractivity contribution is 5.91. The predicted octanol–water partition coefficient (Wildman–Crippen LogP) is 2.41. The summed E-state index contributed by atoms with van der Waals surface area (Å²) >= 11 is 0. The van der Waals surface area contributed by atoms with Gasteiger partial charge in [-0.05, 0) is 28.3 Å². The highest BCUT2D eigenvalue weighted by atomic mass is 15.1. The molecule has 1 N–H and O–H groups in total. The van der Waals surface area contributed by atoms with Gasteiger partial charge in [0.25, 0.3) is 0 Å². The van der Waals surface area contributed by atoms with E-state index in [4.69, 9.17) is 0 Å². The molecule has 0 spiro atoms. The summed E-state index contributed by atoms with van der Waals surface area (Å²) in [6, 6.07) is 14.7. The van der Waals surface area contributed by atoms with Gasteiger partial charge in [-0.2, -0.15) is 0 Å². The van der Waals surface area contributed by atoms with Gasteiger partial charge in [-0.3, -0.25) is 0 Å². The summed E-state index contributed by atoms with van der Waals surface area (Å²) < 4.78 is 0. The van der Waals surface area contributed by atoms with Crippen LogP contribution in [0, 0.1) is 0 Å². The summed E-state index contributed by atoms with van der Waals surface area (Å²) in [5, 5.41) is 6.43. The van der Waals surface area contributed by atoms with Crippen molar-refractivity contribution in [3.8, 4) is 0 Å². The molecular weight excluding hydrogens is 170 g/mol. The van der Waals surface area contributed by atoms with E-state index in [-0.39, 0.29) is 0 Å².